The maximum Gasteiger partial charge on any atom is 0.219 e. The van der Waals surface area contributed by atoms with Gasteiger partial charge in [-0.1, -0.05) is 6.92 Å². The molecule has 0 unspecified atom stereocenters. The fourth-order valence-corrected chi connectivity index (χ4v) is 1.56. The van der Waals surface area contributed by atoms with Crippen LogP contribution in [-0.2, 0) is 4.79 Å². The third-order valence-electron chi connectivity index (χ3n) is 2.59. The van der Waals surface area contributed by atoms with Gasteiger partial charge in [-0.05, 0) is 24.3 Å². The van der Waals surface area contributed by atoms with Crippen LogP contribution in [0.2, 0.25) is 0 Å². The largest absolute Gasteiger partial charge is 0.367 e. The van der Waals surface area contributed by atoms with Gasteiger partial charge in [-0.25, -0.2) is 0 Å². The number of aromatic nitrogens is 3. The molecule has 6 heteroatoms. The summed E-state index contributed by atoms with van der Waals surface area (Å²) >= 11 is 0. The van der Waals surface area contributed by atoms with Gasteiger partial charge in [-0.3, -0.25) is 4.79 Å². The lowest BCUT2D eigenvalue weighted by Crippen LogP contribution is -2.28. The third kappa shape index (κ3) is 3.80. The van der Waals surface area contributed by atoms with E-state index >= 15 is 0 Å². The number of rotatable bonds is 6. The molecule has 0 aliphatic carbocycles. The number of carbonyl (C=O) groups excluding carboxylic acids is 1. The zero-order valence-electron chi connectivity index (χ0n) is 10.8. The molecule has 2 N–H and O–H groups in total. The lowest BCUT2D eigenvalue weighted by atomic mass is 10.4. The van der Waals surface area contributed by atoms with Crippen molar-refractivity contribution in [2.75, 3.05) is 18.4 Å². The SMILES string of the molecule is CCC(=O)NCCNc1ccc(-n2cccc2)nn1. The van der Waals surface area contributed by atoms with Crippen LogP contribution in [0, 0.1) is 0 Å². The van der Waals surface area contributed by atoms with Gasteiger partial charge < -0.3 is 15.2 Å². The second-order valence-corrected chi connectivity index (χ2v) is 4.00. The van der Waals surface area contributed by atoms with E-state index in [0.29, 0.717) is 25.3 Å². The van der Waals surface area contributed by atoms with Crippen LogP contribution >= 0.6 is 0 Å². The highest BCUT2D eigenvalue weighted by Crippen LogP contribution is 2.06. The van der Waals surface area contributed by atoms with Crippen LogP contribution in [0.15, 0.2) is 36.7 Å². The summed E-state index contributed by atoms with van der Waals surface area (Å²) in [6, 6.07) is 7.62. The van der Waals surface area contributed by atoms with E-state index in [1.165, 1.54) is 0 Å². The number of hydrogen-bond acceptors (Lipinski definition) is 4. The Labute approximate surface area is 111 Å². The molecule has 0 aliphatic heterocycles. The summed E-state index contributed by atoms with van der Waals surface area (Å²) in [6.45, 7) is 3.03. The second-order valence-electron chi connectivity index (χ2n) is 4.00. The first kappa shape index (κ1) is 13.1. The standard InChI is InChI=1S/C13H17N5O/c1-2-13(19)15-8-7-14-11-5-6-12(17-16-11)18-9-3-4-10-18/h3-6,9-10H,2,7-8H2,1H3,(H,14,16)(H,15,19). The molecule has 2 aromatic rings. The van der Waals surface area contributed by atoms with Gasteiger partial charge in [0.2, 0.25) is 5.91 Å². The van der Waals surface area contributed by atoms with Crippen molar-refractivity contribution in [3.8, 4) is 5.82 Å². The first-order chi connectivity index (χ1) is 9.29. The first-order valence-corrected chi connectivity index (χ1v) is 6.27. The summed E-state index contributed by atoms with van der Waals surface area (Å²) in [5.74, 6) is 1.52. The van der Waals surface area contributed by atoms with E-state index in [0.717, 1.165) is 5.82 Å². The lowest BCUT2D eigenvalue weighted by molar-refractivity contribution is -0.120. The van der Waals surface area contributed by atoms with Crippen LogP contribution in [0.5, 0.6) is 0 Å². The highest BCUT2D eigenvalue weighted by Gasteiger charge is 1.99. The number of anilines is 1. The predicted molar refractivity (Wildman–Crippen MR) is 73.1 cm³/mol. The van der Waals surface area contributed by atoms with E-state index in [1.54, 1.807) is 0 Å². The Morgan fingerprint density at radius 1 is 1.21 bits per heavy atom. The van der Waals surface area contributed by atoms with Crippen LogP contribution in [-0.4, -0.2) is 33.8 Å². The van der Waals surface area contributed by atoms with Gasteiger partial charge in [0.15, 0.2) is 5.82 Å². The summed E-state index contributed by atoms with van der Waals surface area (Å²) in [4.78, 5) is 11.0. The van der Waals surface area contributed by atoms with Gasteiger partial charge in [0.1, 0.15) is 5.82 Å². The van der Waals surface area contributed by atoms with Gasteiger partial charge in [-0.2, -0.15) is 0 Å². The van der Waals surface area contributed by atoms with Crippen LogP contribution in [0.3, 0.4) is 0 Å². The molecule has 0 aliphatic rings. The molecular formula is C13H17N5O. The number of nitrogens with zero attached hydrogens (tertiary/aromatic N) is 3. The molecule has 100 valence electrons. The van der Waals surface area contributed by atoms with Crippen LogP contribution in [0.25, 0.3) is 5.82 Å². The van der Waals surface area contributed by atoms with Crippen molar-refractivity contribution in [3.63, 3.8) is 0 Å². The average molecular weight is 259 g/mol. The lowest BCUT2D eigenvalue weighted by Gasteiger charge is -2.07. The molecule has 2 aromatic heterocycles. The molecule has 0 aromatic carbocycles. The minimum atomic E-state index is 0.0517. The van der Waals surface area contributed by atoms with Crippen molar-refractivity contribution >= 4 is 11.7 Å². The molecule has 0 saturated carbocycles. The maximum atomic E-state index is 11.0. The topological polar surface area (TPSA) is 71.8 Å². The van der Waals surface area contributed by atoms with E-state index in [2.05, 4.69) is 20.8 Å². The Morgan fingerprint density at radius 3 is 2.63 bits per heavy atom. The molecular weight excluding hydrogens is 242 g/mol. The molecule has 0 atom stereocenters. The summed E-state index contributed by atoms with van der Waals surface area (Å²) in [5.41, 5.74) is 0. The van der Waals surface area contributed by atoms with Crippen molar-refractivity contribution in [2.45, 2.75) is 13.3 Å². The number of amides is 1. The summed E-state index contributed by atoms with van der Waals surface area (Å²) in [6.07, 6.45) is 4.33. The normalized spacial score (nSPS) is 10.2. The van der Waals surface area contributed by atoms with E-state index < -0.39 is 0 Å². The van der Waals surface area contributed by atoms with E-state index in [4.69, 9.17) is 0 Å². The predicted octanol–water partition coefficient (Wildman–Crippen LogP) is 1.21. The molecule has 19 heavy (non-hydrogen) atoms. The molecule has 2 heterocycles. The van der Waals surface area contributed by atoms with Gasteiger partial charge >= 0.3 is 0 Å². The van der Waals surface area contributed by atoms with Crippen molar-refractivity contribution in [2.24, 2.45) is 0 Å². The average Bonchev–Trinajstić information content (AvgIpc) is 2.98. The Bertz CT molecular complexity index is 506. The Hall–Kier alpha value is -2.37. The Morgan fingerprint density at radius 2 is 2.00 bits per heavy atom. The maximum absolute atomic E-state index is 11.0. The Kier molecular flexibility index (Phi) is 4.49. The smallest absolute Gasteiger partial charge is 0.219 e. The highest BCUT2D eigenvalue weighted by molar-refractivity contribution is 5.75. The molecule has 6 nitrogen and oxygen atoms in total. The third-order valence-corrected chi connectivity index (χ3v) is 2.59. The quantitative estimate of drug-likeness (QED) is 0.765. The molecule has 2 rings (SSSR count). The molecule has 0 bridgehead atoms. The minimum Gasteiger partial charge on any atom is -0.367 e. The fraction of sp³-hybridized carbons (Fsp3) is 0.308. The second kappa shape index (κ2) is 6.53. The molecule has 1 amide bonds. The van der Waals surface area contributed by atoms with E-state index in [1.807, 2.05) is 48.1 Å². The van der Waals surface area contributed by atoms with Crippen LogP contribution in [0.4, 0.5) is 5.82 Å². The van der Waals surface area contributed by atoms with E-state index in [9.17, 15) is 4.79 Å². The summed E-state index contributed by atoms with van der Waals surface area (Å²) in [5, 5.41) is 14.1. The van der Waals surface area contributed by atoms with E-state index in [-0.39, 0.29) is 5.91 Å². The fourth-order valence-electron chi connectivity index (χ4n) is 1.56. The zero-order valence-corrected chi connectivity index (χ0v) is 10.8. The van der Waals surface area contributed by atoms with Crippen molar-refractivity contribution in [1.29, 1.82) is 0 Å². The number of carbonyl (C=O) groups is 1. The van der Waals surface area contributed by atoms with Gasteiger partial charge in [0.05, 0.1) is 0 Å². The summed E-state index contributed by atoms with van der Waals surface area (Å²) in [7, 11) is 0. The number of nitrogens with one attached hydrogen (secondary N) is 2. The Balaban J connectivity index is 1.81. The van der Waals surface area contributed by atoms with Crippen molar-refractivity contribution in [3.05, 3.63) is 36.7 Å². The number of hydrogen-bond donors (Lipinski definition) is 2. The van der Waals surface area contributed by atoms with Crippen molar-refractivity contribution in [1.82, 2.24) is 20.1 Å². The van der Waals surface area contributed by atoms with Gasteiger partial charge in [-0.15, -0.1) is 10.2 Å². The van der Waals surface area contributed by atoms with Gasteiger partial charge in [0.25, 0.3) is 0 Å². The first-order valence-electron chi connectivity index (χ1n) is 6.27. The van der Waals surface area contributed by atoms with Crippen molar-refractivity contribution < 1.29 is 4.79 Å². The monoisotopic (exact) mass is 259 g/mol. The van der Waals surface area contributed by atoms with Gasteiger partial charge in [0, 0.05) is 31.9 Å². The minimum absolute atomic E-state index is 0.0517. The van der Waals surface area contributed by atoms with Crippen LogP contribution < -0.4 is 10.6 Å². The molecule has 0 fully saturated rings. The van der Waals surface area contributed by atoms with Crippen LogP contribution in [0.1, 0.15) is 13.3 Å². The zero-order chi connectivity index (χ0) is 13.5. The molecule has 0 spiro atoms. The molecule has 0 radical (unpaired) electrons. The summed E-state index contributed by atoms with van der Waals surface area (Å²) < 4.78 is 1.89. The highest BCUT2D eigenvalue weighted by atomic mass is 16.1. The molecule has 0 saturated heterocycles.